The lowest BCUT2D eigenvalue weighted by Gasteiger charge is -2.26. The Hall–Kier alpha value is -4.40. The molecular weight excluding hydrogens is 601 g/mol. The van der Waals surface area contributed by atoms with Crippen molar-refractivity contribution in [2.45, 2.75) is 66.6 Å². The maximum atomic E-state index is 13.7. The SMILES string of the molecule is CC(C)CNCc1ccc2c(c1)nc(NC(=O)c1ccc(-c3ccnc(F)c3)s1)n2C[C@H]1CCCN1C(=O)/C(C#N)=C/C(C)(C)C. The Labute approximate surface area is 273 Å². The molecule has 5 rings (SSSR count). The highest BCUT2D eigenvalue weighted by atomic mass is 32.1. The van der Waals surface area contributed by atoms with E-state index in [0.29, 0.717) is 41.9 Å². The Morgan fingerprint density at radius 3 is 2.72 bits per heavy atom. The zero-order chi connectivity index (χ0) is 33.0. The fourth-order valence-electron chi connectivity index (χ4n) is 5.64. The molecule has 0 spiro atoms. The summed E-state index contributed by atoms with van der Waals surface area (Å²) in [5.41, 5.74) is 3.12. The number of imidazole rings is 1. The molecule has 1 aliphatic heterocycles. The highest BCUT2D eigenvalue weighted by Gasteiger charge is 2.32. The van der Waals surface area contributed by atoms with Gasteiger partial charge < -0.3 is 14.8 Å². The van der Waals surface area contributed by atoms with Gasteiger partial charge in [-0.3, -0.25) is 14.9 Å². The Bertz CT molecular complexity index is 1810. The van der Waals surface area contributed by atoms with Crippen LogP contribution in [0.3, 0.4) is 0 Å². The first kappa shape index (κ1) is 33.0. The van der Waals surface area contributed by atoms with E-state index in [0.717, 1.165) is 40.9 Å². The molecule has 1 saturated heterocycles. The van der Waals surface area contributed by atoms with Crippen LogP contribution in [0.4, 0.5) is 10.3 Å². The van der Waals surface area contributed by atoms with Crippen LogP contribution in [0.1, 0.15) is 62.7 Å². The number of benzene rings is 1. The number of carbonyl (C=O) groups is 2. The number of nitrogens with zero attached hydrogens (tertiary/aromatic N) is 5. The van der Waals surface area contributed by atoms with Crippen LogP contribution < -0.4 is 10.6 Å². The lowest BCUT2D eigenvalue weighted by atomic mass is 9.93. The highest BCUT2D eigenvalue weighted by Crippen LogP contribution is 2.31. The molecular formula is C35H40FN7O2S. The molecule has 11 heteroatoms. The Balaban J connectivity index is 1.45. The molecule has 0 saturated carbocycles. The Kier molecular flexibility index (Phi) is 9.99. The molecule has 0 unspecified atom stereocenters. The molecule has 3 aromatic heterocycles. The summed E-state index contributed by atoms with van der Waals surface area (Å²) in [6.45, 7) is 12.8. The van der Waals surface area contributed by atoms with Crippen molar-refractivity contribution >= 4 is 40.1 Å². The first-order valence-electron chi connectivity index (χ1n) is 15.6. The van der Waals surface area contributed by atoms with E-state index in [1.54, 1.807) is 29.2 Å². The maximum absolute atomic E-state index is 13.7. The van der Waals surface area contributed by atoms with Crippen LogP contribution in [0, 0.1) is 28.6 Å². The minimum Gasteiger partial charge on any atom is -0.333 e. The zero-order valence-corrected chi connectivity index (χ0v) is 27.7. The second-order valence-corrected chi connectivity index (χ2v) is 14.3. The quantitative estimate of drug-likeness (QED) is 0.112. The first-order valence-corrected chi connectivity index (χ1v) is 16.4. The van der Waals surface area contributed by atoms with Gasteiger partial charge in [0.1, 0.15) is 11.6 Å². The number of allylic oxidation sites excluding steroid dienone is 1. The summed E-state index contributed by atoms with van der Waals surface area (Å²) in [4.78, 5) is 38.5. The number of aromatic nitrogens is 3. The van der Waals surface area contributed by atoms with E-state index in [2.05, 4.69) is 41.6 Å². The maximum Gasteiger partial charge on any atom is 0.268 e. The molecule has 4 aromatic rings. The normalized spacial score (nSPS) is 15.5. The highest BCUT2D eigenvalue weighted by molar-refractivity contribution is 7.17. The van der Waals surface area contributed by atoms with Crippen molar-refractivity contribution in [2.75, 3.05) is 18.4 Å². The van der Waals surface area contributed by atoms with Gasteiger partial charge in [0.25, 0.3) is 11.8 Å². The summed E-state index contributed by atoms with van der Waals surface area (Å²) in [6, 6.07) is 14.5. The van der Waals surface area contributed by atoms with Crippen molar-refractivity contribution < 1.29 is 14.0 Å². The summed E-state index contributed by atoms with van der Waals surface area (Å²) in [5, 5.41) is 16.3. The molecule has 1 aliphatic rings. The van der Waals surface area contributed by atoms with Gasteiger partial charge in [0.15, 0.2) is 0 Å². The molecule has 2 amide bonds. The smallest absolute Gasteiger partial charge is 0.268 e. The molecule has 46 heavy (non-hydrogen) atoms. The molecule has 240 valence electrons. The topological polar surface area (TPSA) is 116 Å². The van der Waals surface area contributed by atoms with E-state index in [1.165, 1.54) is 23.6 Å². The third kappa shape index (κ3) is 7.87. The average molecular weight is 642 g/mol. The molecule has 1 fully saturated rings. The van der Waals surface area contributed by atoms with E-state index >= 15 is 0 Å². The number of pyridine rings is 1. The molecule has 4 heterocycles. The predicted molar refractivity (Wildman–Crippen MR) is 180 cm³/mol. The number of hydrogen-bond acceptors (Lipinski definition) is 7. The van der Waals surface area contributed by atoms with Crippen LogP contribution in [-0.2, 0) is 17.9 Å². The number of nitrogens with one attached hydrogen (secondary N) is 2. The number of nitriles is 1. The van der Waals surface area contributed by atoms with Gasteiger partial charge in [-0.1, -0.05) is 46.8 Å². The van der Waals surface area contributed by atoms with Gasteiger partial charge in [-0.25, -0.2) is 9.97 Å². The largest absolute Gasteiger partial charge is 0.333 e. The minimum absolute atomic E-state index is 0.143. The summed E-state index contributed by atoms with van der Waals surface area (Å²) in [7, 11) is 0. The number of carbonyl (C=O) groups excluding carboxylic acids is 2. The van der Waals surface area contributed by atoms with E-state index < -0.39 is 5.95 Å². The number of anilines is 1. The number of fused-ring (bicyclic) bond motifs is 1. The summed E-state index contributed by atoms with van der Waals surface area (Å²) in [5.74, 6) is -0.286. The van der Waals surface area contributed by atoms with Gasteiger partial charge in [0.05, 0.1) is 22.0 Å². The molecule has 2 N–H and O–H groups in total. The van der Waals surface area contributed by atoms with E-state index in [9.17, 15) is 19.2 Å². The van der Waals surface area contributed by atoms with E-state index in [4.69, 9.17) is 4.98 Å². The molecule has 1 atom stereocenters. The third-order valence-corrected chi connectivity index (χ3v) is 8.85. The molecule has 1 aromatic carbocycles. The van der Waals surface area contributed by atoms with Crippen molar-refractivity contribution in [2.24, 2.45) is 11.3 Å². The van der Waals surface area contributed by atoms with Gasteiger partial charge in [-0.15, -0.1) is 11.3 Å². The van der Waals surface area contributed by atoms with Crippen LogP contribution in [-0.4, -0.2) is 50.4 Å². The Morgan fingerprint density at radius 2 is 2.00 bits per heavy atom. The fraction of sp³-hybridized carbons (Fsp3) is 0.400. The number of likely N-dealkylation sites (tertiary alicyclic amines) is 1. The lowest BCUT2D eigenvalue weighted by Crippen LogP contribution is -2.39. The first-order chi connectivity index (χ1) is 21.9. The van der Waals surface area contributed by atoms with E-state index in [-0.39, 0.29) is 28.8 Å². The summed E-state index contributed by atoms with van der Waals surface area (Å²) < 4.78 is 15.7. The van der Waals surface area contributed by atoms with Crippen LogP contribution in [0.15, 0.2) is 60.3 Å². The number of amides is 2. The number of hydrogen-bond donors (Lipinski definition) is 2. The Morgan fingerprint density at radius 1 is 1.20 bits per heavy atom. The summed E-state index contributed by atoms with van der Waals surface area (Å²) in [6.07, 6.45) is 4.71. The molecule has 0 aliphatic carbocycles. The second-order valence-electron chi connectivity index (χ2n) is 13.2. The molecule has 0 radical (unpaired) electrons. The number of thiophene rings is 1. The van der Waals surface area contributed by atoms with Gasteiger partial charge in [-0.05, 0) is 72.2 Å². The average Bonchev–Trinajstić information content (AvgIpc) is 3.75. The van der Waals surface area contributed by atoms with Gasteiger partial charge in [0, 0.05) is 36.8 Å². The predicted octanol–water partition coefficient (Wildman–Crippen LogP) is 6.78. The van der Waals surface area contributed by atoms with Gasteiger partial charge >= 0.3 is 0 Å². The van der Waals surface area contributed by atoms with Crippen LogP contribution in [0.2, 0.25) is 0 Å². The van der Waals surface area contributed by atoms with Gasteiger partial charge in [0.2, 0.25) is 11.9 Å². The lowest BCUT2D eigenvalue weighted by molar-refractivity contribution is -0.127. The minimum atomic E-state index is -0.584. The van der Waals surface area contributed by atoms with Crippen molar-refractivity contribution in [3.05, 3.63) is 76.7 Å². The molecule has 0 bridgehead atoms. The van der Waals surface area contributed by atoms with Crippen LogP contribution >= 0.6 is 11.3 Å². The van der Waals surface area contributed by atoms with Gasteiger partial charge in [-0.2, -0.15) is 9.65 Å². The van der Waals surface area contributed by atoms with Crippen molar-refractivity contribution in [3.8, 4) is 16.5 Å². The van der Waals surface area contributed by atoms with Crippen molar-refractivity contribution in [1.82, 2.24) is 24.8 Å². The number of halogens is 1. The third-order valence-electron chi connectivity index (χ3n) is 7.72. The van der Waals surface area contributed by atoms with Crippen LogP contribution in [0.5, 0.6) is 0 Å². The fourth-order valence-corrected chi connectivity index (χ4v) is 6.54. The van der Waals surface area contributed by atoms with Crippen molar-refractivity contribution in [1.29, 1.82) is 5.26 Å². The zero-order valence-electron chi connectivity index (χ0n) is 26.9. The standard InChI is InChI=1S/C35H40FN7O2S/c1-22(2)19-38-20-23-8-9-28-27(15-23)40-34(41-32(44)30-11-10-29(46-30)24-12-13-39-31(36)16-24)43(28)21-26-7-6-14-42(26)33(45)25(18-37)17-35(3,4)5/h8-13,15-17,22,26,38H,6-7,14,19-21H2,1-5H3,(H,40,41,44)/b25-17+/t26-/m1/s1. The number of rotatable bonds is 10. The van der Waals surface area contributed by atoms with Crippen molar-refractivity contribution in [3.63, 3.8) is 0 Å². The monoisotopic (exact) mass is 641 g/mol. The molecule has 9 nitrogen and oxygen atoms in total. The van der Waals surface area contributed by atoms with Crippen LogP contribution in [0.25, 0.3) is 21.5 Å². The summed E-state index contributed by atoms with van der Waals surface area (Å²) >= 11 is 1.25. The van der Waals surface area contributed by atoms with E-state index in [1.807, 2.05) is 37.5 Å². The second kappa shape index (κ2) is 13.9.